The summed E-state index contributed by atoms with van der Waals surface area (Å²) in [5, 5.41) is 1.48. The maximum Gasteiger partial charge on any atom is 0.338 e. The molecule has 0 N–H and O–H groups in total. The van der Waals surface area contributed by atoms with E-state index in [0.717, 1.165) is 31.1 Å². The predicted octanol–water partition coefficient (Wildman–Crippen LogP) is 12.6. The first-order valence-corrected chi connectivity index (χ1v) is 18.5. The van der Waals surface area contributed by atoms with E-state index >= 15 is 0 Å². The predicted molar refractivity (Wildman–Crippen MR) is 187 cm³/mol. The Balaban J connectivity index is 1.61. The molecule has 0 aromatic heterocycles. The molecule has 0 amide bonds. The quantitative estimate of drug-likeness (QED) is 0.0712. The Labute approximate surface area is 270 Å². The molecule has 44 heavy (non-hydrogen) atoms. The molecule has 0 saturated carbocycles. The average molecular weight is 609 g/mol. The molecule has 0 spiro atoms. The highest BCUT2D eigenvalue weighted by Gasteiger charge is 2.19. The van der Waals surface area contributed by atoms with Crippen molar-refractivity contribution in [2.24, 2.45) is 0 Å². The van der Waals surface area contributed by atoms with Crippen LogP contribution in [-0.2, 0) is 9.47 Å². The summed E-state index contributed by atoms with van der Waals surface area (Å²) in [6.07, 6.45) is 30.6. The fourth-order valence-corrected chi connectivity index (χ4v) is 6.05. The number of ether oxygens (including phenoxy) is 2. The van der Waals surface area contributed by atoms with Gasteiger partial charge in [-0.05, 0) is 30.4 Å². The van der Waals surface area contributed by atoms with E-state index in [1.54, 1.807) is 12.1 Å². The molecule has 0 saturated heterocycles. The maximum atomic E-state index is 13.0. The van der Waals surface area contributed by atoms with E-state index in [1.807, 2.05) is 24.3 Å². The fourth-order valence-electron chi connectivity index (χ4n) is 6.05. The molecule has 0 unspecified atom stereocenters. The molecule has 0 aliphatic carbocycles. The number of fused-ring (bicyclic) bond motifs is 1. The summed E-state index contributed by atoms with van der Waals surface area (Å²) in [6.45, 7) is 5.34. The van der Waals surface area contributed by atoms with E-state index in [2.05, 4.69) is 13.8 Å². The molecule has 2 aromatic carbocycles. The van der Waals surface area contributed by atoms with Crippen molar-refractivity contribution in [3.8, 4) is 0 Å². The molecule has 0 atom stereocenters. The Morgan fingerprint density at radius 3 is 1.05 bits per heavy atom. The molecule has 4 nitrogen and oxygen atoms in total. The molecule has 0 aliphatic heterocycles. The first kappa shape index (κ1) is 37.8. The molecular weight excluding hydrogens is 544 g/mol. The highest BCUT2D eigenvalue weighted by atomic mass is 16.5. The molecular formula is C40H64O4. The summed E-state index contributed by atoms with van der Waals surface area (Å²) in [7, 11) is 0. The van der Waals surface area contributed by atoms with Gasteiger partial charge < -0.3 is 9.47 Å². The van der Waals surface area contributed by atoms with Crippen LogP contribution >= 0.6 is 0 Å². The van der Waals surface area contributed by atoms with Crippen molar-refractivity contribution in [1.82, 2.24) is 0 Å². The van der Waals surface area contributed by atoms with Crippen molar-refractivity contribution in [3.05, 3.63) is 47.5 Å². The zero-order valence-corrected chi connectivity index (χ0v) is 28.5. The van der Waals surface area contributed by atoms with Gasteiger partial charge in [-0.2, -0.15) is 0 Å². The van der Waals surface area contributed by atoms with Crippen molar-refractivity contribution in [2.75, 3.05) is 13.2 Å². The lowest BCUT2D eigenvalue weighted by Crippen LogP contribution is -2.11. The lowest BCUT2D eigenvalue weighted by atomic mass is 9.99. The van der Waals surface area contributed by atoms with Crippen molar-refractivity contribution < 1.29 is 19.1 Å². The van der Waals surface area contributed by atoms with E-state index in [0.29, 0.717) is 29.7 Å². The zero-order valence-electron chi connectivity index (χ0n) is 28.5. The van der Waals surface area contributed by atoms with Gasteiger partial charge in [-0.3, -0.25) is 0 Å². The largest absolute Gasteiger partial charge is 0.462 e. The van der Waals surface area contributed by atoms with Gasteiger partial charge in [0, 0.05) is 5.39 Å². The minimum atomic E-state index is -0.364. The average Bonchev–Trinajstić information content (AvgIpc) is 3.04. The van der Waals surface area contributed by atoms with E-state index in [9.17, 15) is 9.59 Å². The van der Waals surface area contributed by atoms with Crippen LogP contribution in [0.25, 0.3) is 10.8 Å². The van der Waals surface area contributed by atoms with Crippen LogP contribution in [0.3, 0.4) is 0 Å². The highest BCUT2D eigenvalue weighted by molar-refractivity contribution is 6.13. The normalized spacial score (nSPS) is 11.2. The molecule has 0 heterocycles. The fraction of sp³-hybridized carbons (Fsp3) is 0.700. The molecule has 248 valence electrons. The van der Waals surface area contributed by atoms with Crippen LogP contribution < -0.4 is 0 Å². The molecule has 2 aromatic rings. The number of esters is 2. The van der Waals surface area contributed by atoms with Gasteiger partial charge in [-0.1, -0.05) is 179 Å². The summed E-state index contributed by atoms with van der Waals surface area (Å²) < 4.78 is 11.3. The summed E-state index contributed by atoms with van der Waals surface area (Å²) >= 11 is 0. The van der Waals surface area contributed by atoms with Crippen LogP contribution in [0, 0.1) is 0 Å². The van der Waals surface area contributed by atoms with Crippen molar-refractivity contribution in [2.45, 2.75) is 168 Å². The minimum absolute atomic E-state index is 0.361. The smallest absolute Gasteiger partial charge is 0.338 e. The van der Waals surface area contributed by atoms with E-state index < -0.39 is 0 Å². The molecule has 0 aliphatic rings. The lowest BCUT2D eigenvalue weighted by Gasteiger charge is -2.12. The number of rotatable bonds is 28. The second kappa shape index (κ2) is 25.9. The third-order valence-electron chi connectivity index (χ3n) is 8.81. The van der Waals surface area contributed by atoms with Gasteiger partial charge in [0.15, 0.2) is 0 Å². The SMILES string of the molecule is CCCCCCCCCCCCCCCCCCOC(=O)c1cccc2cccc(C(=O)OCCCCCCCCCC)c12. The summed E-state index contributed by atoms with van der Waals surface area (Å²) in [5.41, 5.74) is 0.885. The number of hydrogen-bond donors (Lipinski definition) is 0. The third-order valence-corrected chi connectivity index (χ3v) is 8.81. The van der Waals surface area contributed by atoms with Crippen molar-refractivity contribution in [1.29, 1.82) is 0 Å². The second-order valence-electron chi connectivity index (χ2n) is 12.8. The number of unbranched alkanes of at least 4 members (excludes halogenated alkanes) is 22. The van der Waals surface area contributed by atoms with E-state index in [-0.39, 0.29) is 11.9 Å². The Hall–Kier alpha value is -2.36. The Morgan fingerprint density at radius 2 is 0.727 bits per heavy atom. The molecule has 0 radical (unpaired) electrons. The first-order valence-electron chi connectivity index (χ1n) is 18.5. The van der Waals surface area contributed by atoms with Gasteiger partial charge in [0.1, 0.15) is 0 Å². The van der Waals surface area contributed by atoms with Crippen LogP contribution in [0.5, 0.6) is 0 Å². The van der Waals surface area contributed by atoms with Gasteiger partial charge in [-0.15, -0.1) is 0 Å². The number of carbonyl (C=O) groups excluding carboxylic acids is 2. The number of benzene rings is 2. The summed E-state index contributed by atoms with van der Waals surface area (Å²) in [4.78, 5) is 26.0. The minimum Gasteiger partial charge on any atom is -0.462 e. The van der Waals surface area contributed by atoms with Gasteiger partial charge in [0.05, 0.1) is 24.3 Å². The van der Waals surface area contributed by atoms with Crippen molar-refractivity contribution >= 4 is 22.7 Å². The van der Waals surface area contributed by atoms with Gasteiger partial charge in [-0.25, -0.2) is 9.59 Å². The third kappa shape index (κ3) is 16.6. The van der Waals surface area contributed by atoms with E-state index in [4.69, 9.17) is 9.47 Å². The van der Waals surface area contributed by atoms with E-state index in [1.165, 1.54) is 128 Å². The van der Waals surface area contributed by atoms with Crippen LogP contribution in [0.2, 0.25) is 0 Å². The number of hydrogen-bond acceptors (Lipinski definition) is 4. The Bertz CT molecular complexity index is 1010. The number of carbonyl (C=O) groups is 2. The van der Waals surface area contributed by atoms with Gasteiger partial charge in [0.2, 0.25) is 0 Å². The molecule has 0 bridgehead atoms. The molecule has 0 fully saturated rings. The monoisotopic (exact) mass is 608 g/mol. The zero-order chi connectivity index (χ0) is 31.5. The van der Waals surface area contributed by atoms with Crippen LogP contribution in [0.1, 0.15) is 189 Å². The Morgan fingerprint density at radius 1 is 0.432 bits per heavy atom. The lowest BCUT2D eigenvalue weighted by molar-refractivity contribution is 0.0498. The standard InChI is InChI=1S/C40H64O4/c1-3-5-7-9-11-13-14-15-16-17-18-19-20-22-24-26-34-44-40(42)37-32-28-30-35-29-27-31-36(38(35)37)39(41)43-33-25-23-21-12-10-8-6-4-2/h27-32H,3-26,33-34H2,1-2H3. The van der Waals surface area contributed by atoms with Crippen LogP contribution in [-0.4, -0.2) is 25.2 Å². The van der Waals surface area contributed by atoms with Crippen molar-refractivity contribution in [3.63, 3.8) is 0 Å². The highest BCUT2D eigenvalue weighted by Crippen LogP contribution is 2.25. The maximum absolute atomic E-state index is 13.0. The van der Waals surface area contributed by atoms with Crippen LogP contribution in [0.15, 0.2) is 36.4 Å². The Kier molecular flexibility index (Phi) is 22.3. The molecule has 2 rings (SSSR count). The summed E-state index contributed by atoms with van der Waals surface area (Å²) in [5.74, 6) is -0.725. The topological polar surface area (TPSA) is 52.6 Å². The first-order chi connectivity index (χ1) is 21.7. The summed E-state index contributed by atoms with van der Waals surface area (Å²) in [6, 6.07) is 11.1. The molecule has 4 heteroatoms. The second-order valence-corrected chi connectivity index (χ2v) is 12.8. The van der Waals surface area contributed by atoms with Gasteiger partial charge >= 0.3 is 11.9 Å². The van der Waals surface area contributed by atoms with Crippen LogP contribution in [0.4, 0.5) is 0 Å². The van der Waals surface area contributed by atoms with Gasteiger partial charge in [0.25, 0.3) is 0 Å².